The number of nitrogens with one attached hydrogen (secondary N) is 1. The van der Waals surface area contributed by atoms with E-state index >= 15 is 0 Å². The second-order valence-corrected chi connectivity index (χ2v) is 11.7. The smallest absolute Gasteiger partial charge is 0.264 e. The maximum Gasteiger partial charge on any atom is 0.264 e. The Kier molecular flexibility index (Phi) is 5.91. The molecule has 0 radical (unpaired) electrons. The quantitative estimate of drug-likeness (QED) is 0.298. The minimum Gasteiger partial charge on any atom is -0.381 e. The summed E-state index contributed by atoms with van der Waals surface area (Å²) in [7, 11) is 3.96. The SMILES string of the molecule is C[C@@H](NC(=O)c1c(N)nn2cccnc12)c1c2c3c(ccc(C#Cc4cnn(C)c4)c3c(=O)n1-c1ccccc1)C1C[C@@H]2N1C. The predicted molar refractivity (Wildman–Crippen MR) is 170 cm³/mol. The third-order valence-corrected chi connectivity index (χ3v) is 9.03. The van der Waals surface area contributed by atoms with Crippen molar-refractivity contribution in [3.63, 3.8) is 0 Å². The number of benzene rings is 2. The highest BCUT2D eigenvalue weighted by atomic mass is 16.2. The Hall–Kier alpha value is -5.73. The summed E-state index contributed by atoms with van der Waals surface area (Å²) in [6.45, 7) is 1.90. The highest BCUT2D eigenvalue weighted by Crippen LogP contribution is 2.56. The van der Waals surface area contributed by atoms with E-state index in [0.717, 1.165) is 34.2 Å². The molecule has 2 aromatic carbocycles. The number of aromatic nitrogens is 6. The van der Waals surface area contributed by atoms with Gasteiger partial charge < -0.3 is 11.1 Å². The third-order valence-electron chi connectivity index (χ3n) is 9.03. The van der Waals surface area contributed by atoms with Gasteiger partial charge in [0.05, 0.1) is 28.9 Å². The minimum absolute atomic E-state index is 0.0696. The second-order valence-electron chi connectivity index (χ2n) is 11.7. The summed E-state index contributed by atoms with van der Waals surface area (Å²) in [6.07, 6.45) is 7.76. The van der Waals surface area contributed by atoms with Crippen molar-refractivity contribution in [3.05, 3.63) is 117 Å². The van der Waals surface area contributed by atoms with Crippen LogP contribution in [0, 0.1) is 11.8 Å². The number of para-hydroxylation sites is 1. The summed E-state index contributed by atoms with van der Waals surface area (Å²) in [5, 5.41) is 13.1. The maximum absolute atomic E-state index is 14.8. The van der Waals surface area contributed by atoms with Gasteiger partial charge >= 0.3 is 0 Å². The fourth-order valence-corrected chi connectivity index (χ4v) is 6.96. The summed E-state index contributed by atoms with van der Waals surface area (Å²) in [4.78, 5) is 35.3. The van der Waals surface area contributed by atoms with E-state index in [2.05, 4.69) is 50.4 Å². The van der Waals surface area contributed by atoms with E-state index in [1.54, 1.807) is 33.9 Å². The number of fused-ring (bicyclic) bond motifs is 1. The molecule has 0 spiro atoms. The van der Waals surface area contributed by atoms with Crippen molar-refractivity contribution in [2.75, 3.05) is 12.8 Å². The van der Waals surface area contributed by atoms with Crippen molar-refractivity contribution < 1.29 is 4.79 Å². The number of rotatable bonds is 4. The first-order valence-electron chi connectivity index (χ1n) is 14.7. The highest BCUT2D eigenvalue weighted by molar-refractivity contribution is 6.04. The molecule has 6 heterocycles. The van der Waals surface area contributed by atoms with Gasteiger partial charge in [0.2, 0.25) is 0 Å². The van der Waals surface area contributed by atoms with Crippen molar-refractivity contribution >= 4 is 28.1 Å². The number of nitrogens with two attached hydrogens (primary N) is 1. The van der Waals surface area contributed by atoms with Crippen LogP contribution in [-0.4, -0.2) is 46.8 Å². The van der Waals surface area contributed by atoms with Gasteiger partial charge in [0.15, 0.2) is 11.5 Å². The van der Waals surface area contributed by atoms with Crippen LogP contribution in [0.15, 0.2) is 78.1 Å². The average Bonchev–Trinajstić information content (AvgIpc) is 3.62. The van der Waals surface area contributed by atoms with Gasteiger partial charge in [0, 0.05) is 49.0 Å². The van der Waals surface area contributed by atoms with Crippen LogP contribution < -0.4 is 16.6 Å². The summed E-state index contributed by atoms with van der Waals surface area (Å²) in [6, 6.07) is 15.0. The Labute approximate surface area is 257 Å². The van der Waals surface area contributed by atoms with Gasteiger partial charge in [-0.1, -0.05) is 36.1 Å². The summed E-state index contributed by atoms with van der Waals surface area (Å²) >= 11 is 0. The van der Waals surface area contributed by atoms with Gasteiger partial charge in [-0.05, 0) is 61.2 Å². The normalized spacial score (nSPS) is 17.5. The zero-order valence-electron chi connectivity index (χ0n) is 24.9. The predicted octanol–water partition coefficient (Wildman–Crippen LogP) is 3.67. The average molecular weight is 596 g/mol. The van der Waals surface area contributed by atoms with E-state index in [-0.39, 0.29) is 29.0 Å². The molecule has 3 atom stereocenters. The lowest BCUT2D eigenvalue weighted by atomic mass is 9.72. The van der Waals surface area contributed by atoms with Crippen molar-refractivity contribution in [1.82, 2.24) is 39.2 Å². The Bertz CT molecular complexity index is 2310. The first-order chi connectivity index (χ1) is 21.8. The number of nitrogens with zero attached hydrogens (tertiary/aromatic N) is 7. The minimum atomic E-state index is -0.577. The molecule has 6 aromatic rings. The second kappa shape index (κ2) is 9.90. The maximum atomic E-state index is 14.8. The molecule has 9 rings (SSSR count). The van der Waals surface area contributed by atoms with Crippen LogP contribution in [0.1, 0.15) is 69.8 Å². The van der Waals surface area contributed by atoms with Crippen LogP contribution in [0.5, 0.6) is 0 Å². The molecule has 11 nitrogen and oxygen atoms in total. The molecule has 222 valence electrons. The Morgan fingerprint density at radius 1 is 1.07 bits per heavy atom. The summed E-state index contributed by atoms with van der Waals surface area (Å²) < 4.78 is 4.93. The lowest BCUT2D eigenvalue weighted by molar-refractivity contribution is 0.0360. The lowest BCUT2D eigenvalue weighted by Crippen LogP contribution is -2.47. The molecule has 2 aliphatic heterocycles. The highest BCUT2D eigenvalue weighted by Gasteiger charge is 2.47. The molecular weight excluding hydrogens is 566 g/mol. The van der Waals surface area contributed by atoms with E-state index in [0.29, 0.717) is 22.3 Å². The standard InChI is InChI=1S/C34H29N9O2/c1-19(38-33(44)29-31(35)39-42-15-7-14-36-32(29)42)30-28-25-16-24(41(25)3)23-13-12-21(11-10-20-17-37-40(2)18-20)26(27(23)28)34(45)43(30)22-8-5-4-6-9-22/h4-9,12-15,17-19,24-25H,16H2,1-3H3,(H2,35,39)(H,38,44)/t19-,24?,25+/m1/s1. The molecule has 3 N–H and O–H groups in total. The van der Waals surface area contributed by atoms with Gasteiger partial charge in [0.1, 0.15) is 5.56 Å². The molecule has 1 saturated heterocycles. The summed E-state index contributed by atoms with van der Waals surface area (Å²) in [5.41, 5.74) is 11.5. The zero-order valence-corrected chi connectivity index (χ0v) is 24.9. The van der Waals surface area contributed by atoms with Crippen LogP contribution in [0.2, 0.25) is 0 Å². The van der Waals surface area contributed by atoms with Crippen molar-refractivity contribution in [2.24, 2.45) is 7.05 Å². The fraction of sp³-hybridized carbons (Fsp3) is 0.206. The monoisotopic (exact) mass is 595 g/mol. The fourth-order valence-electron chi connectivity index (χ4n) is 6.96. The number of pyridine rings is 1. The number of carbonyl (C=O) groups is 1. The van der Waals surface area contributed by atoms with Crippen molar-refractivity contribution in [1.29, 1.82) is 0 Å². The van der Waals surface area contributed by atoms with E-state index in [1.807, 2.05) is 56.6 Å². The number of amides is 1. The molecule has 0 saturated carbocycles. The molecule has 11 heteroatoms. The van der Waals surface area contributed by atoms with Gasteiger partial charge in [-0.25, -0.2) is 9.50 Å². The van der Waals surface area contributed by atoms with Crippen LogP contribution in [0.25, 0.3) is 22.1 Å². The first kappa shape index (κ1) is 26.9. The van der Waals surface area contributed by atoms with Crippen LogP contribution >= 0.6 is 0 Å². The Morgan fingerprint density at radius 2 is 1.89 bits per heavy atom. The lowest BCUT2D eigenvalue weighted by Gasteiger charge is -2.52. The number of aryl methyl sites for hydroxylation is 1. The molecule has 1 amide bonds. The van der Waals surface area contributed by atoms with Gasteiger partial charge in [-0.15, -0.1) is 5.10 Å². The van der Waals surface area contributed by atoms with Crippen LogP contribution in [0.4, 0.5) is 5.82 Å². The molecule has 1 fully saturated rings. The molecule has 3 aliphatic rings. The number of nitrogen functional groups attached to an aromatic ring is 1. The Balaban J connectivity index is 1.37. The summed E-state index contributed by atoms with van der Waals surface area (Å²) in [5.74, 6) is 6.13. The van der Waals surface area contributed by atoms with Gasteiger partial charge in [-0.3, -0.25) is 23.7 Å². The van der Waals surface area contributed by atoms with E-state index < -0.39 is 11.9 Å². The first-order valence-corrected chi connectivity index (χ1v) is 14.7. The topological polar surface area (TPSA) is 128 Å². The van der Waals surface area contributed by atoms with Crippen molar-refractivity contribution in [2.45, 2.75) is 31.5 Å². The van der Waals surface area contributed by atoms with E-state index in [9.17, 15) is 9.59 Å². The van der Waals surface area contributed by atoms with Crippen molar-refractivity contribution in [3.8, 4) is 17.5 Å². The Morgan fingerprint density at radius 3 is 2.64 bits per heavy atom. The number of hydrogen-bond acceptors (Lipinski definition) is 7. The van der Waals surface area contributed by atoms with E-state index in [1.165, 1.54) is 4.52 Å². The molecule has 2 bridgehead atoms. The van der Waals surface area contributed by atoms with E-state index in [4.69, 9.17) is 5.73 Å². The molecule has 4 aromatic heterocycles. The van der Waals surface area contributed by atoms with Gasteiger partial charge in [-0.2, -0.15) is 5.10 Å². The molecular formula is C34H29N9O2. The molecule has 1 unspecified atom stereocenters. The molecule has 45 heavy (non-hydrogen) atoms. The van der Waals surface area contributed by atoms with Gasteiger partial charge in [0.25, 0.3) is 11.5 Å². The number of hydrogen-bond donors (Lipinski definition) is 2. The van der Waals surface area contributed by atoms with Crippen LogP contribution in [-0.2, 0) is 7.05 Å². The molecule has 1 aliphatic carbocycles. The largest absolute Gasteiger partial charge is 0.381 e. The zero-order chi connectivity index (χ0) is 31.0. The number of carbonyl (C=O) groups excluding carboxylic acids is 1. The number of anilines is 1. The van der Waals surface area contributed by atoms with Crippen LogP contribution in [0.3, 0.4) is 0 Å². The third kappa shape index (κ3) is 3.99.